The number of nitrogens with one attached hydrogen (secondary N) is 1. The second-order valence-corrected chi connectivity index (χ2v) is 9.54. The maximum atomic E-state index is 14.0. The number of anilines is 2. The highest BCUT2D eigenvalue weighted by molar-refractivity contribution is 6.35. The summed E-state index contributed by atoms with van der Waals surface area (Å²) in [5.41, 5.74) is 0.424. The number of para-hydroxylation sites is 1. The molecule has 8 nitrogen and oxygen atoms in total. The summed E-state index contributed by atoms with van der Waals surface area (Å²) in [6, 6.07) is 10.3. The molecule has 33 heavy (non-hydrogen) atoms. The van der Waals surface area contributed by atoms with Crippen molar-refractivity contribution in [2.45, 2.75) is 24.4 Å². The smallest absolute Gasteiger partial charge is 0.250 e. The number of halogens is 1. The molecule has 168 valence electrons. The molecule has 2 aromatic rings. The lowest BCUT2D eigenvalue weighted by Crippen LogP contribution is -2.54. The molecule has 5 aliphatic heterocycles. The summed E-state index contributed by atoms with van der Waals surface area (Å²) in [6.45, 7) is 1.51. The monoisotopic (exact) mass is 465 g/mol. The Kier molecular flexibility index (Phi) is 3.81. The highest BCUT2D eigenvalue weighted by Crippen LogP contribution is 2.61. The fraction of sp³-hybridized carbons (Fsp3) is 0.375. The van der Waals surface area contributed by atoms with Crippen molar-refractivity contribution >= 4 is 40.7 Å². The number of carbonyl (C=O) groups excluding carboxylic acids is 3. The van der Waals surface area contributed by atoms with Crippen LogP contribution in [0.25, 0.3) is 0 Å². The fourth-order valence-electron chi connectivity index (χ4n) is 6.62. The number of ether oxygens (including phenoxy) is 2. The lowest BCUT2D eigenvalue weighted by Gasteiger charge is -2.36. The summed E-state index contributed by atoms with van der Waals surface area (Å²) < 4.78 is 11.2. The van der Waals surface area contributed by atoms with Crippen molar-refractivity contribution in [1.82, 2.24) is 4.90 Å². The van der Waals surface area contributed by atoms with Crippen molar-refractivity contribution in [1.29, 1.82) is 0 Å². The van der Waals surface area contributed by atoms with Gasteiger partial charge in [0, 0.05) is 17.7 Å². The van der Waals surface area contributed by atoms with Crippen molar-refractivity contribution < 1.29 is 23.9 Å². The standard InChI is InChI=1S/C24H20ClN3O5/c25-14-4-1-3-13-20(14)26-23(31)24(13)19-18(15-5-2-8-27(15)24)21(29)28(22(19)30)12-6-7-16-17(11-12)33-10-9-32-16/h1,3-4,6-7,11,15,18-19H,2,5,8-10H2,(H,26,31). The van der Waals surface area contributed by atoms with Crippen LogP contribution >= 0.6 is 11.6 Å². The van der Waals surface area contributed by atoms with E-state index >= 15 is 0 Å². The van der Waals surface area contributed by atoms with E-state index in [4.69, 9.17) is 21.1 Å². The normalized spacial score (nSPS) is 31.7. The molecule has 3 fully saturated rings. The van der Waals surface area contributed by atoms with Crippen molar-refractivity contribution in [3.8, 4) is 11.5 Å². The van der Waals surface area contributed by atoms with Gasteiger partial charge in [-0.2, -0.15) is 0 Å². The highest BCUT2D eigenvalue weighted by Gasteiger charge is 2.74. The zero-order valence-electron chi connectivity index (χ0n) is 17.5. The number of amides is 3. The Labute approximate surface area is 194 Å². The molecule has 1 N–H and O–H groups in total. The van der Waals surface area contributed by atoms with Crippen LogP contribution in [-0.2, 0) is 19.9 Å². The average molecular weight is 466 g/mol. The first-order chi connectivity index (χ1) is 16.0. The quantitative estimate of drug-likeness (QED) is 0.651. The van der Waals surface area contributed by atoms with Gasteiger partial charge < -0.3 is 14.8 Å². The Morgan fingerprint density at radius 1 is 1.03 bits per heavy atom. The van der Waals surface area contributed by atoms with E-state index in [1.54, 1.807) is 30.3 Å². The van der Waals surface area contributed by atoms with Gasteiger partial charge in [0.1, 0.15) is 18.8 Å². The van der Waals surface area contributed by atoms with E-state index in [0.717, 1.165) is 12.8 Å². The van der Waals surface area contributed by atoms with E-state index in [1.165, 1.54) is 4.90 Å². The predicted octanol–water partition coefficient (Wildman–Crippen LogP) is 2.54. The van der Waals surface area contributed by atoms with E-state index < -0.39 is 17.4 Å². The van der Waals surface area contributed by atoms with Crippen LogP contribution in [0, 0.1) is 11.8 Å². The molecule has 0 radical (unpaired) electrons. The first-order valence-corrected chi connectivity index (χ1v) is 11.6. The van der Waals surface area contributed by atoms with Gasteiger partial charge >= 0.3 is 0 Å². The average Bonchev–Trinajstić information content (AvgIpc) is 3.53. The van der Waals surface area contributed by atoms with Crippen molar-refractivity contribution in [3.63, 3.8) is 0 Å². The third-order valence-electron chi connectivity index (χ3n) is 7.76. The summed E-state index contributed by atoms with van der Waals surface area (Å²) in [5, 5.41) is 3.35. The van der Waals surface area contributed by atoms with Crippen LogP contribution in [0.3, 0.4) is 0 Å². The minimum atomic E-state index is -1.23. The number of rotatable bonds is 1. The topological polar surface area (TPSA) is 88.2 Å². The number of nitrogens with zero attached hydrogens (tertiary/aromatic N) is 2. The maximum absolute atomic E-state index is 14.0. The molecule has 3 amide bonds. The molecule has 5 heterocycles. The molecule has 4 unspecified atom stereocenters. The molecule has 4 atom stereocenters. The summed E-state index contributed by atoms with van der Waals surface area (Å²) in [4.78, 5) is 44.7. The fourth-order valence-corrected chi connectivity index (χ4v) is 6.84. The third kappa shape index (κ3) is 2.23. The summed E-state index contributed by atoms with van der Waals surface area (Å²) >= 11 is 6.42. The summed E-state index contributed by atoms with van der Waals surface area (Å²) in [6.07, 6.45) is 1.63. The van der Waals surface area contributed by atoms with Gasteiger partial charge in [0.2, 0.25) is 11.8 Å². The van der Waals surface area contributed by atoms with Crippen LogP contribution in [0.1, 0.15) is 18.4 Å². The van der Waals surface area contributed by atoms with Gasteiger partial charge in [-0.05, 0) is 37.6 Å². The maximum Gasteiger partial charge on any atom is 0.250 e. The summed E-state index contributed by atoms with van der Waals surface area (Å²) in [7, 11) is 0. The molecular weight excluding hydrogens is 446 g/mol. The number of hydrogen-bond acceptors (Lipinski definition) is 6. The number of hydrogen-bond donors (Lipinski definition) is 1. The van der Waals surface area contributed by atoms with Gasteiger partial charge in [-0.25, -0.2) is 4.90 Å². The van der Waals surface area contributed by atoms with Gasteiger partial charge in [-0.3, -0.25) is 19.3 Å². The molecule has 0 saturated carbocycles. The Hall–Kier alpha value is -3.10. The molecule has 7 rings (SSSR count). The number of imide groups is 1. The lowest BCUT2D eigenvalue weighted by molar-refractivity contribution is -0.135. The van der Waals surface area contributed by atoms with Crippen LogP contribution in [-0.4, -0.2) is 48.4 Å². The Morgan fingerprint density at radius 3 is 2.70 bits per heavy atom. The van der Waals surface area contributed by atoms with E-state index in [1.807, 2.05) is 6.07 Å². The second-order valence-electron chi connectivity index (χ2n) is 9.13. The minimum absolute atomic E-state index is 0.177. The highest BCUT2D eigenvalue weighted by atomic mass is 35.5. The molecule has 3 saturated heterocycles. The zero-order chi connectivity index (χ0) is 22.5. The third-order valence-corrected chi connectivity index (χ3v) is 8.08. The molecule has 0 aromatic heterocycles. The lowest BCUT2D eigenvalue weighted by atomic mass is 9.75. The number of benzene rings is 2. The second kappa shape index (κ2) is 6.48. The molecular formula is C24H20ClN3O5. The Balaban J connectivity index is 1.39. The van der Waals surface area contributed by atoms with Crippen molar-refractivity contribution in [2.75, 3.05) is 30.0 Å². The Bertz CT molecular complexity index is 1260. The van der Waals surface area contributed by atoms with Crippen LogP contribution in [0.5, 0.6) is 11.5 Å². The van der Waals surface area contributed by atoms with Crippen LogP contribution in [0.4, 0.5) is 11.4 Å². The molecule has 1 spiro atoms. The van der Waals surface area contributed by atoms with E-state index in [2.05, 4.69) is 10.2 Å². The largest absolute Gasteiger partial charge is 0.486 e. The van der Waals surface area contributed by atoms with Gasteiger partial charge in [-0.1, -0.05) is 23.7 Å². The molecule has 5 aliphatic rings. The predicted molar refractivity (Wildman–Crippen MR) is 118 cm³/mol. The van der Waals surface area contributed by atoms with E-state index in [9.17, 15) is 14.4 Å². The summed E-state index contributed by atoms with van der Waals surface area (Å²) in [5.74, 6) is -1.23. The molecule has 0 bridgehead atoms. The van der Waals surface area contributed by atoms with E-state index in [-0.39, 0.29) is 23.8 Å². The van der Waals surface area contributed by atoms with E-state index in [0.29, 0.717) is 53.2 Å². The molecule has 0 aliphatic carbocycles. The Morgan fingerprint density at radius 2 is 1.85 bits per heavy atom. The first-order valence-electron chi connectivity index (χ1n) is 11.2. The first kappa shape index (κ1) is 19.4. The van der Waals surface area contributed by atoms with Crippen LogP contribution < -0.4 is 19.7 Å². The van der Waals surface area contributed by atoms with Gasteiger partial charge in [0.25, 0.3) is 5.91 Å². The van der Waals surface area contributed by atoms with Crippen molar-refractivity contribution in [3.05, 3.63) is 47.0 Å². The SMILES string of the molecule is O=C1C2C3CCCN3C3(C(=O)Nc4c(Cl)cccc43)C2C(=O)N1c1ccc2c(c1)OCCO2. The zero-order valence-corrected chi connectivity index (χ0v) is 18.3. The van der Waals surface area contributed by atoms with Crippen LogP contribution in [0.15, 0.2) is 36.4 Å². The number of carbonyl (C=O) groups is 3. The van der Waals surface area contributed by atoms with Crippen LogP contribution in [0.2, 0.25) is 5.02 Å². The van der Waals surface area contributed by atoms with Crippen molar-refractivity contribution in [2.24, 2.45) is 11.8 Å². The molecule has 9 heteroatoms. The minimum Gasteiger partial charge on any atom is -0.486 e. The van der Waals surface area contributed by atoms with Gasteiger partial charge in [0.05, 0.1) is 28.2 Å². The van der Waals surface area contributed by atoms with Gasteiger partial charge in [0.15, 0.2) is 11.5 Å². The number of fused-ring (bicyclic) bond motifs is 8. The molecule has 2 aromatic carbocycles. The van der Waals surface area contributed by atoms with Gasteiger partial charge in [-0.15, -0.1) is 0 Å².